The molecule has 0 aliphatic rings. The van der Waals surface area contributed by atoms with Gasteiger partial charge in [-0.15, -0.1) is 0 Å². The van der Waals surface area contributed by atoms with E-state index in [4.69, 9.17) is 0 Å². The highest BCUT2D eigenvalue weighted by Gasteiger charge is 2.12. The Morgan fingerprint density at radius 3 is 2.57 bits per heavy atom. The van der Waals surface area contributed by atoms with Gasteiger partial charge in [-0.1, -0.05) is 6.07 Å². The van der Waals surface area contributed by atoms with E-state index in [9.17, 15) is 18.0 Å². The first-order valence-electron chi connectivity index (χ1n) is 5.82. The first kappa shape index (κ1) is 14.9. The lowest BCUT2D eigenvalue weighted by molar-refractivity contribution is 0.0591. The molecule has 1 aromatic heterocycles. The lowest BCUT2D eigenvalue weighted by Gasteiger charge is -2.07. The van der Waals surface area contributed by atoms with Crippen LogP contribution in [0.15, 0.2) is 46.1 Å². The van der Waals surface area contributed by atoms with Crippen LogP contribution < -0.4 is 5.56 Å². The number of carbonyl (C=O) groups is 1. The Balaban J connectivity index is 2.62. The Hall–Kier alpha value is -2.48. The standard InChI is InChI=1S/C13H12N2O5S/c1-20-13(17)11-6-7-12(16)15(14-11)9-4-3-5-10(8-9)21(2,18)19/h3-8H,1-2H3. The second-order valence-electron chi connectivity index (χ2n) is 4.23. The first-order valence-corrected chi connectivity index (χ1v) is 7.71. The van der Waals surface area contributed by atoms with E-state index in [1.807, 2.05) is 0 Å². The Labute approximate surface area is 120 Å². The maximum absolute atomic E-state index is 11.8. The fraction of sp³-hybridized carbons (Fsp3) is 0.154. The van der Waals surface area contributed by atoms with E-state index in [-0.39, 0.29) is 16.3 Å². The fourth-order valence-electron chi connectivity index (χ4n) is 1.66. The maximum atomic E-state index is 11.8. The summed E-state index contributed by atoms with van der Waals surface area (Å²) < 4.78 is 28.6. The van der Waals surface area contributed by atoms with Gasteiger partial charge in [0.05, 0.1) is 17.7 Å². The highest BCUT2D eigenvalue weighted by atomic mass is 32.2. The molecule has 0 aliphatic carbocycles. The summed E-state index contributed by atoms with van der Waals surface area (Å²) in [7, 11) is -2.21. The lowest BCUT2D eigenvalue weighted by atomic mass is 10.3. The van der Waals surface area contributed by atoms with Crippen molar-refractivity contribution < 1.29 is 17.9 Å². The Morgan fingerprint density at radius 2 is 1.95 bits per heavy atom. The largest absolute Gasteiger partial charge is 0.464 e. The number of hydrogen-bond acceptors (Lipinski definition) is 6. The van der Waals surface area contributed by atoms with Crippen molar-refractivity contribution in [3.63, 3.8) is 0 Å². The molecular weight excluding hydrogens is 296 g/mol. The van der Waals surface area contributed by atoms with Crippen LogP contribution in [0.5, 0.6) is 0 Å². The normalized spacial score (nSPS) is 11.1. The van der Waals surface area contributed by atoms with Gasteiger partial charge in [0.15, 0.2) is 15.5 Å². The molecule has 0 amide bonds. The molecule has 0 unspecified atom stereocenters. The minimum atomic E-state index is -3.41. The molecule has 21 heavy (non-hydrogen) atoms. The second-order valence-corrected chi connectivity index (χ2v) is 6.25. The van der Waals surface area contributed by atoms with Crippen LogP contribution in [0.2, 0.25) is 0 Å². The number of methoxy groups -OCH3 is 1. The van der Waals surface area contributed by atoms with Crippen LogP contribution in [0.1, 0.15) is 10.5 Å². The zero-order valence-corrected chi connectivity index (χ0v) is 12.1. The molecule has 1 aromatic carbocycles. The predicted octanol–water partition coefficient (Wildman–Crippen LogP) is 0.423. The Bertz CT molecular complexity index is 855. The highest BCUT2D eigenvalue weighted by molar-refractivity contribution is 7.90. The molecule has 0 N–H and O–H groups in total. The molecular formula is C13H12N2O5S. The molecule has 0 radical (unpaired) electrons. The van der Waals surface area contributed by atoms with Crippen LogP contribution in [-0.4, -0.2) is 37.5 Å². The molecule has 110 valence electrons. The van der Waals surface area contributed by atoms with Crippen molar-refractivity contribution in [1.82, 2.24) is 9.78 Å². The van der Waals surface area contributed by atoms with E-state index >= 15 is 0 Å². The quantitative estimate of drug-likeness (QED) is 0.763. The molecule has 0 aliphatic heterocycles. The molecule has 0 spiro atoms. The SMILES string of the molecule is COC(=O)c1ccc(=O)n(-c2cccc(S(C)(=O)=O)c2)n1. The number of nitrogens with zero attached hydrogens (tertiary/aromatic N) is 2. The molecule has 1 heterocycles. The summed E-state index contributed by atoms with van der Waals surface area (Å²) in [5.41, 5.74) is -0.302. The van der Waals surface area contributed by atoms with Gasteiger partial charge in [-0.3, -0.25) is 4.79 Å². The van der Waals surface area contributed by atoms with Crippen molar-refractivity contribution in [2.24, 2.45) is 0 Å². The number of sulfone groups is 1. The Kier molecular flexibility index (Phi) is 3.90. The third kappa shape index (κ3) is 3.16. The third-order valence-electron chi connectivity index (χ3n) is 2.69. The van der Waals surface area contributed by atoms with E-state index < -0.39 is 21.4 Å². The molecule has 0 bridgehead atoms. The smallest absolute Gasteiger partial charge is 0.358 e. The summed E-state index contributed by atoms with van der Waals surface area (Å²) in [6, 6.07) is 8.13. The Morgan fingerprint density at radius 1 is 1.24 bits per heavy atom. The summed E-state index contributed by atoms with van der Waals surface area (Å²) in [5, 5.41) is 3.87. The fourth-order valence-corrected chi connectivity index (χ4v) is 2.32. The number of carbonyl (C=O) groups excluding carboxylic acids is 1. The zero-order valence-electron chi connectivity index (χ0n) is 11.3. The van der Waals surface area contributed by atoms with Crippen LogP contribution >= 0.6 is 0 Å². The lowest BCUT2D eigenvalue weighted by Crippen LogP contribution is -2.23. The van der Waals surface area contributed by atoms with Gasteiger partial charge in [0.2, 0.25) is 0 Å². The van der Waals surface area contributed by atoms with Gasteiger partial charge in [0, 0.05) is 12.3 Å². The van der Waals surface area contributed by atoms with E-state index in [1.165, 1.54) is 37.4 Å². The van der Waals surface area contributed by atoms with Crippen LogP contribution in [0.4, 0.5) is 0 Å². The number of ether oxygens (including phenoxy) is 1. The number of benzene rings is 1. The molecule has 0 atom stereocenters. The van der Waals surface area contributed by atoms with Crippen LogP contribution in [-0.2, 0) is 14.6 Å². The molecule has 0 fully saturated rings. The summed E-state index contributed by atoms with van der Waals surface area (Å²) in [6.45, 7) is 0. The first-order chi connectivity index (χ1) is 9.82. The van der Waals surface area contributed by atoms with Crippen LogP contribution in [0.3, 0.4) is 0 Å². The molecule has 8 heteroatoms. The van der Waals surface area contributed by atoms with E-state index in [2.05, 4.69) is 9.84 Å². The van der Waals surface area contributed by atoms with E-state index in [0.717, 1.165) is 17.0 Å². The summed E-state index contributed by atoms with van der Waals surface area (Å²) in [4.78, 5) is 23.3. The van der Waals surface area contributed by atoms with E-state index in [1.54, 1.807) is 0 Å². The molecule has 2 aromatic rings. The minimum Gasteiger partial charge on any atom is -0.464 e. The monoisotopic (exact) mass is 308 g/mol. The maximum Gasteiger partial charge on any atom is 0.358 e. The number of hydrogen-bond donors (Lipinski definition) is 0. The van der Waals surface area contributed by atoms with Crippen LogP contribution in [0.25, 0.3) is 5.69 Å². The number of aromatic nitrogens is 2. The molecule has 0 saturated heterocycles. The van der Waals surface area contributed by atoms with Gasteiger partial charge in [0.1, 0.15) is 0 Å². The van der Waals surface area contributed by atoms with E-state index in [0.29, 0.717) is 0 Å². The number of rotatable bonds is 3. The van der Waals surface area contributed by atoms with Crippen molar-refractivity contribution >= 4 is 15.8 Å². The summed E-state index contributed by atoms with van der Waals surface area (Å²) >= 11 is 0. The summed E-state index contributed by atoms with van der Waals surface area (Å²) in [6.07, 6.45) is 1.06. The van der Waals surface area contributed by atoms with Gasteiger partial charge in [-0.05, 0) is 24.3 Å². The minimum absolute atomic E-state index is 0.0529. The van der Waals surface area contributed by atoms with Gasteiger partial charge < -0.3 is 4.74 Å². The van der Waals surface area contributed by atoms with Gasteiger partial charge >= 0.3 is 5.97 Å². The van der Waals surface area contributed by atoms with Gasteiger partial charge in [-0.2, -0.15) is 9.78 Å². The second kappa shape index (κ2) is 5.49. The van der Waals surface area contributed by atoms with Crippen molar-refractivity contribution in [2.75, 3.05) is 13.4 Å². The van der Waals surface area contributed by atoms with Crippen molar-refractivity contribution in [2.45, 2.75) is 4.90 Å². The third-order valence-corrected chi connectivity index (χ3v) is 3.80. The van der Waals surface area contributed by atoms with Crippen LogP contribution in [0, 0.1) is 0 Å². The zero-order chi connectivity index (χ0) is 15.6. The number of esters is 1. The average Bonchev–Trinajstić information content (AvgIpc) is 2.46. The van der Waals surface area contributed by atoms with Gasteiger partial charge in [0.25, 0.3) is 5.56 Å². The highest BCUT2D eigenvalue weighted by Crippen LogP contribution is 2.13. The molecule has 0 saturated carbocycles. The van der Waals surface area contributed by atoms with Crippen molar-refractivity contribution in [3.05, 3.63) is 52.4 Å². The van der Waals surface area contributed by atoms with Gasteiger partial charge in [-0.25, -0.2) is 13.2 Å². The molecule has 2 rings (SSSR count). The van der Waals surface area contributed by atoms with Crippen molar-refractivity contribution in [3.8, 4) is 5.69 Å². The topological polar surface area (TPSA) is 95.3 Å². The average molecular weight is 308 g/mol. The van der Waals surface area contributed by atoms with Crippen molar-refractivity contribution in [1.29, 1.82) is 0 Å². The molecule has 7 nitrogen and oxygen atoms in total. The summed E-state index contributed by atoms with van der Waals surface area (Å²) in [5.74, 6) is -0.692. The predicted molar refractivity (Wildman–Crippen MR) is 74.3 cm³/mol.